The molecule has 2 aliphatic rings. The van der Waals surface area contributed by atoms with Gasteiger partial charge < -0.3 is 19.4 Å². The molecule has 0 radical (unpaired) electrons. The summed E-state index contributed by atoms with van der Waals surface area (Å²) in [5.41, 5.74) is 0.481. The van der Waals surface area contributed by atoms with Crippen LogP contribution in [0.1, 0.15) is 29.8 Å². The van der Waals surface area contributed by atoms with Crippen LogP contribution in [0, 0.1) is 11.8 Å². The number of aromatic nitrogens is 2. The number of hydrogen-bond donors (Lipinski definition) is 1. The molecule has 3 rings (SSSR count). The van der Waals surface area contributed by atoms with E-state index < -0.39 is 0 Å². The summed E-state index contributed by atoms with van der Waals surface area (Å²) >= 11 is 0. The van der Waals surface area contributed by atoms with Gasteiger partial charge in [-0.2, -0.15) is 0 Å². The van der Waals surface area contributed by atoms with E-state index in [0.717, 1.165) is 39.1 Å². The molecule has 0 saturated carbocycles. The van der Waals surface area contributed by atoms with Crippen LogP contribution in [0.4, 0.5) is 0 Å². The molecule has 1 aromatic rings. The van der Waals surface area contributed by atoms with Crippen LogP contribution in [0.3, 0.4) is 0 Å². The fourth-order valence-electron chi connectivity index (χ4n) is 3.32. The zero-order valence-electron chi connectivity index (χ0n) is 12.5. The van der Waals surface area contributed by atoms with Crippen molar-refractivity contribution in [2.75, 3.05) is 26.4 Å². The van der Waals surface area contributed by atoms with Gasteiger partial charge >= 0.3 is 0 Å². The zero-order chi connectivity index (χ0) is 14.7. The zero-order valence-corrected chi connectivity index (χ0v) is 12.5. The lowest BCUT2D eigenvalue weighted by Crippen LogP contribution is -2.49. The summed E-state index contributed by atoms with van der Waals surface area (Å²) in [6.45, 7) is 3.09. The number of carbonyl (C=O) groups excluding carboxylic acids is 1. The van der Waals surface area contributed by atoms with E-state index in [1.807, 2.05) is 7.05 Å². The predicted octanol–water partition coefficient (Wildman–Crippen LogP) is 0.982. The lowest BCUT2D eigenvalue weighted by atomic mass is 9.79. The molecule has 1 amide bonds. The summed E-state index contributed by atoms with van der Waals surface area (Å²) < 4.78 is 12.9. The van der Waals surface area contributed by atoms with E-state index in [-0.39, 0.29) is 11.9 Å². The fraction of sp³-hybridized carbons (Fsp3) is 0.733. The number of ether oxygens (including phenoxy) is 2. The first-order chi connectivity index (χ1) is 10.2. The van der Waals surface area contributed by atoms with E-state index in [1.165, 1.54) is 0 Å². The summed E-state index contributed by atoms with van der Waals surface area (Å²) in [6.07, 6.45) is 6.39. The number of nitrogens with zero attached hydrogens (tertiary/aromatic N) is 2. The minimum absolute atomic E-state index is 0.0837. The number of amides is 1. The number of hydrogen-bond acceptors (Lipinski definition) is 4. The molecule has 21 heavy (non-hydrogen) atoms. The molecule has 116 valence electrons. The summed E-state index contributed by atoms with van der Waals surface area (Å²) in [6, 6.07) is 0.177. The first-order valence-electron chi connectivity index (χ1n) is 7.68. The second kappa shape index (κ2) is 6.58. The van der Waals surface area contributed by atoms with Gasteiger partial charge in [0.15, 0.2) is 0 Å². The van der Waals surface area contributed by atoms with Crippen LogP contribution in [0.5, 0.6) is 0 Å². The van der Waals surface area contributed by atoms with E-state index in [2.05, 4.69) is 10.3 Å². The highest BCUT2D eigenvalue weighted by Crippen LogP contribution is 2.30. The quantitative estimate of drug-likeness (QED) is 0.902. The van der Waals surface area contributed by atoms with Crippen molar-refractivity contribution in [2.24, 2.45) is 18.9 Å². The van der Waals surface area contributed by atoms with Crippen LogP contribution in [0.25, 0.3) is 0 Å². The van der Waals surface area contributed by atoms with Gasteiger partial charge in [-0.3, -0.25) is 4.79 Å². The van der Waals surface area contributed by atoms with Crippen molar-refractivity contribution >= 4 is 5.91 Å². The van der Waals surface area contributed by atoms with Gasteiger partial charge in [0.1, 0.15) is 5.69 Å². The number of nitrogens with one attached hydrogen (secondary N) is 1. The largest absolute Gasteiger partial charge is 0.381 e. The second-order valence-corrected chi connectivity index (χ2v) is 5.98. The third-order valence-corrected chi connectivity index (χ3v) is 4.53. The molecule has 0 spiro atoms. The molecule has 0 bridgehead atoms. The fourth-order valence-corrected chi connectivity index (χ4v) is 3.32. The Bertz CT molecular complexity index is 482. The van der Waals surface area contributed by atoms with E-state index in [9.17, 15) is 4.79 Å². The van der Waals surface area contributed by atoms with Gasteiger partial charge in [0, 0.05) is 45.0 Å². The average Bonchev–Trinajstić information content (AvgIpc) is 2.95. The standard InChI is InChI=1S/C15H23N3O3/c1-18-8-14(16-10-18)15(19)17-13-4-7-21-9-12(13)11-2-5-20-6-3-11/h8,10-13H,2-7,9H2,1H3,(H,17,19)/t12-,13-/m1/s1. The number of carbonyl (C=O) groups is 1. The third kappa shape index (κ3) is 3.44. The van der Waals surface area contributed by atoms with E-state index in [0.29, 0.717) is 24.1 Å². The van der Waals surface area contributed by atoms with Crippen molar-refractivity contribution < 1.29 is 14.3 Å². The van der Waals surface area contributed by atoms with Crippen LogP contribution in [0.2, 0.25) is 0 Å². The maximum absolute atomic E-state index is 12.3. The van der Waals surface area contributed by atoms with E-state index in [1.54, 1.807) is 17.1 Å². The van der Waals surface area contributed by atoms with Crippen LogP contribution in [-0.4, -0.2) is 47.9 Å². The third-order valence-electron chi connectivity index (χ3n) is 4.53. The van der Waals surface area contributed by atoms with Crippen molar-refractivity contribution in [1.29, 1.82) is 0 Å². The van der Waals surface area contributed by atoms with Gasteiger partial charge in [-0.25, -0.2) is 4.98 Å². The second-order valence-electron chi connectivity index (χ2n) is 5.98. The summed E-state index contributed by atoms with van der Waals surface area (Å²) in [5.74, 6) is 0.878. The molecule has 1 N–H and O–H groups in total. The molecule has 0 aromatic carbocycles. The lowest BCUT2D eigenvalue weighted by molar-refractivity contribution is -0.0259. The van der Waals surface area contributed by atoms with E-state index >= 15 is 0 Å². The van der Waals surface area contributed by atoms with Crippen molar-refractivity contribution in [3.63, 3.8) is 0 Å². The van der Waals surface area contributed by atoms with Gasteiger partial charge in [0.05, 0.1) is 12.9 Å². The SMILES string of the molecule is Cn1cnc(C(=O)N[C@@H]2CCOC[C@@H]2C2CCOCC2)c1. The molecule has 6 heteroatoms. The van der Waals surface area contributed by atoms with Crippen molar-refractivity contribution in [1.82, 2.24) is 14.9 Å². The predicted molar refractivity (Wildman–Crippen MR) is 76.9 cm³/mol. The first kappa shape index (κ1) is 14.5. The lowest BCUT2D eigenvalue weighted by Gasteiger charge is -2.38. The van der Waals surface area contributed by atoms with Gasteiger partial charge in [0.25, 0.3) is 5.91 Å². The maximum atomic E-state index is 12.3. The molecule has 1 aromatic heterocycles. The normalized spacial score (nSPS) is 27.5. The number of aryl methyl sites for hydroxylation is 1. The molecule has 2 aliphatic heterocycles. The molecule has 2 atom stereocenters. The van der Waals surface area contributed by atoms with Crippen LogP contribution in [0.15, 0.2) is 12.5 Å². The van der Waals surface area contributed by atoms with Crippen LogP contribution >= 0.6 is 0 Å². The summed E-state index contributed by atoms with van der Waals surface area (Å²) in [7, 11) is 1.86. The topological polar surface area (TPSA) is 65.4 Å². The summed E-state index contributed by atoms with van der Waals surface area (Å²) in [5, 5.41) is 3.16. The molecule has 3 heterocycles. The Balaban J connectivity index is 1.64. The monoisotopic (exact) mass is 293 g/mol. The van der Waals surface area contributed by atoms with Crippen LogP contribution in [-0.2, 0) is 16.5 Å². The Kier molecular flexibility index (Phi) is 4.55. The van der Waals surface area contributed by atoms with Crippen molar-refractivity contribution in [3.05, 3.63) is 18.2 Å². The Labute approximate surface area is 124 Å². The highest BCUT2D eigenvalue weighted by molar-refractivity contribution is 5.92. The first-order valence-corrected chi connectivity index (χ1v) is 7.68. The van der Waals surface area contributed by atoms with Crippen molar-refractivity contribution in [2.45, 2.75) is 25.3 Å². The highest BCUT2D eigenvalue weighted by atomic mass is 16.5. The van der Waals surface area contributed by atoms with Gasteiger partial charge in [-0.15, -0.1) is 0 Å². The minimum Gasteiger partial charge on any atom is -0.381 e. The molecule has 0 aliphatic carbocycles. The number of imidazole rings is 1. The van der Waals surface area contributed by atoms with Gasteiger partial charge in [-0.1, -0.05) is 0 Å². The average molecular weight is 293 g/mol. The van der Waals surface area contributed by atoms with Gasteiger partial charge in [0.2, 0.25) is 0 Å². The highest BCUT2D eigenvalue weighted by Gasteiger charge is 2.34. The Morgan fingerprint density at radius 3 is 2.76 bits per heavy atom. The van der Waals surface area contributed by atoms with Gasteiger partial charge in [-0.05, 0) is 25.2 Å². The minimum atomic E-state index is -0.0837. The Morgan fingerprint density at radius 1 is 1.29 bits per heavy atom. The Hall–Kier alpha value is -1.40. The molecule has 0 unspecified atom stereocenters. The number of rotatable bonds is 3. The molecule has 2 fully saturated rings. The molecule has 2 saturated heterocycles. The molecule has 6 nitrogen and oxygen atoms in total. The van der Waals surface area contributed by atoms with Crippen molar-refractivity contribution in [3.8, 4) is 0 Å². The summed E-state index contributed by atoms with van der Waals surface area (Å²) in [4.78, 5) is 16.4. The Morgan fingerprint density at radius 2 is 2.05 bits per heavy atom. The van der Waals surface area contributed by atoms with E-state index in [4.69, 9.17) is 9.47 Å². The maximum Gasteiger partial charge on any atom is 0.271 e. The molecular weight excluding hydrogens is 270 g/mol. The molecular formula is C15H23N3O3. The van der Waals surface area contributed by atoms with Crippen LogP contribution < -0.4 is 5.32 Å². The smallest absolute Gasteiger partial charge is 0.271 e.